The number of hydrogen-bond donors (Lipinski definition) is 2. The predicted molar refractivity (Wildman–Crippen MR) is 115 cm³/mol. The number of rotatable bonds is 5. The maximum Gasteiger partial charge on any atom is 0.409 e. The van der Waals surface area contributed by atoms with Crippen LogP contribution in [0.1, 0.15) is 29.8 Å². The summed E-state index contributed by atoms with van der Waals surface area (Å²) in [4.78, 5) is 31.4. The Bertz CT molecular complexity index is 643. The lowest BCUT2D eigenvalue weighted by molar-refractivity contribution is 0.0914. The molecular formula is C18H28IN5O3. The molecule has 1 aromatic carbocycles. The number of nitrogens with two attached hydrogens (primary N) is 1. The van der Waals surface area contributed by atoms with Crippen molar-refractivity contribution in [3.63, 3.8) is 0 Å². The molecule has 1 heterocycles. The molecule has 1 aliphatic rings. The van der Waals surface area contributed by atoms with Crippen LogP contribution in [0.3, 0.4) is 0 Å². The molecule has 1 aromatic rings. The van der Waals surface area contributed by atoms with Gasteiger partial charge >= 0.3 is 6.09 Å². The molecule has 0 unspecified atom stereocenters. The molecule has 8 nitrogen and oxygen atoms in total. The zero-order valence-electron chi connectivity index (χ0n) is 15.8. The summed E-state index contributed by atoms with van der Waals surface area (Å²) in [6, 6.07) is 7.12. The number of nitrogens with zero attached hydrogens (tertiary/aromatic N) is 3. The standard InChI is InChI=1S/C18H27N5O3.HI/c1-3-20-17(21-13-14-5-7-15(8-6-14)16(19)24)22-9-11-23(12-10-22)18(25)26-4-2;/h5-8H,3-4,9-13H2,1-2H3,(H2,19,24)(H,20,21);1H. The van der Waals surface area contributed by atoms with Crippen molar-refractivity contribution in [2.75, 3.05) is 39.3 Å². The van der Waals surface area contributed by atoms with Gasteiger partial charge in [-0.15, -0.1) is 24.0 Å². The van der Waals surface area contributed by atoms with Crippen LogP contribution in [-0.4, -0.2) is 67.1 Å². The van der Waals surface area contributed by atoms with Crippen molar-refractivity contribution in [3.8, 4) is 0 Å². The molecule has 9 heteroatoms. The molecule has 150 valence electrons. The predicted octanol–water partition coefficient (Wildman–Crippen LogP) is 1.64. The number of carbonyl (C=O) groups is 2. The van der Waals surface area contributed by atoms with Gasteiger partial charge in [-0.05, 0) is 31.5 Å². The molecule has 0 saturated carbocycles. The highest BCUT2D eigenvalue weighted by Crippen LogP contribution is 2.08. The van der Waals surface area contributed by atoms with Crippen LogP contribution in [0, 0.1) is 0 Å². The molecular weight excluding hydrogens is 461 g/mol. The van der Waals surface area contributed by atoms with Gasteiger partial charge in [0.2, 0.25) is 5.91 Å². The van der Waals surface area contributed by atoms with Gasteiger partial charge in [-0.3, -0.25) is 4.79 Å². The van der Waals surface area contributed by atoms with Crippen molar-refractivity contribution < 1.29 is 14.3 Å². The average Bonchev–Trinajstić information content (AvgIpc) is 2.66. The highest BCUT2D eigenvalue weighted by molar-refractivity contribution is 14.0. The molecule has 3 N–H and O–H groups in total. The van der Waals surface area contributed by atoms with Gasteiger partial charge in [0.25, 0.3) is 0 Å². The molecule has 0 aromatic heterocycles. The fraction of sp³-hybridized carbons (Fsp3) is 0.500. The topological polar surface area (TPSA) is 100 Å². The first-order valence-electron chi connectivity index (χ1n) is 8.88. The Morgan fingerprint density at radius 3 is 2.22 bits per heavy atom. The number of hydrogen-bond acceptors (Lipinski definition) is 4. The van der Waals surface area contributed by atoms with Gasteiger partial charge in [0.1, 0.15) is 0 Å². The Labute approximate surface area is 177 Å². The lowest BCUT2D eigenvalue weighted by Crippen LogP contribution is -2.53. The fourth-order valence-corrected chi connectivity index (χ4v) is 2.68. The van der Waals surface area contributed by atoms with Crippen LogP contribution in [-0.2, 0) is 11.3 Å². The van der Waals surface area contributed by atoms with E-state index >= 15 is 0 Å². The van der Waals surface area contributed by atoms with E-state index in [1.165, 1.54) is 0 Å². The van der Waals surface area contributed by atoms with E-state index in [9.17, 15) is 9.59 Å². The minimum atomic E-state index is -0.437. The third-order valence-corrected chi connectivity index (χ3v) is 4.09. The molecule has 1 saturated heterocycles. The van der Waals surface area contributed by atoms with Crippen molar-refractivity contribution in [1.82, 2.24) is 15.1 Å². The van der Waals surface area contributed by atoms with E-state index in [1.807, 2.05) is 19.1 Å². The van der Waals surface area contributed by atoms with Gasteiger partial charge in [-0.2, -0.15) is 0 Å². The summed E-state index contributed by atoms with van der Waals surface area (Å²) in [7, 11) is 0. The normalized spacial score (nSPS) is 14.4. The molecule has 27 heavy (non-hydrogen) atoms. The quantitative estimate of drug-likeness (QED) is 0.372. The summed E-state index contributed by atoms with van der Waals surface area (Å²) >= 11 is 0. The zero-order valence-corrected chi connectivity index (χ0v) is 18.1. The highest BCUT2D eigenvalue weighted by Gasteiger charge is 2.23. The fourth-order valence-electron chi connectivity index (χ4n) is 2.68. The van der Waals surface area contributed by atoms with Gasteiger partial charge in [-0.1, -0.05) is 12.1 Å². The van der Waals surface area contributed by atoms with E-state index in [1.54, 1.807) is 24.0 Å². The smallest absolute Gasteiger partial charge is 0.409 e. The second kappa shape index (κ2) is 11.6. The maximum atomic E-state index is 11.8. The van der Waals surface area contributed by atoms with Crippen LogP contribution < -0.4 is 11.1 Å². The van der Waals surface area contributed by atoms with E-state index in [2.05, 4.69) is 15.2 Å². The highest BCUT2D eigenvalue weighted by atomic mass is 127. The van der Waals surface area contributed by atoms with E-state index in [0.717, 1.165) is 18.1 Å². The number of carbonyl (C=O) groups excluding carboxylic acids is 2. The zero-order chi connectivity index (χ0) is 18.9. The monoisotopic (exact) mass is 489 g/mol. The largest absolute Gasteiger partial charge is 0.450 e. The van der Waals surface area contributed by atoms with Crippen molar-refractivity contribution in [1.29, 1.82) is 0 Å². The van der Waals surface area contributed by atoms with Crippen molar-refractivity contribution in [2.24, 2.45) is 10.7 Å². The Morgan fingerprint density at radius 2 is 1.70 bits per heavy atom. The summed E-state index contributed by atoms with van der Waals surface area (Å²) in [6.45, 7) is 8.09. The molecule has 1 aliphatic heterocycles. The Balaban J connectivity index is 0.00000364. The van der Waals surface area contributed by atoms with Gasteiger partial charge in [0.15, 0.2) is 5.96 Å². The molecule has 0 bridgehead atoms. The first-order chi connectivity index (χ1) is 12.5. The SMILES string of the molecule is CCNC(=NCc1ccc(C(N)=O)cc1)N1CCN(C(=O)OCC)CC1.I. The second-order valence-electron chi connectivity index (χ2n) is 5.90. The van der Waals surface area contributed by atoms with Crippen LogP contribution >= 0.6 is 24.0 Å². The third-order valence-electron chi connectivity index (χ3n) is 4.09. The van der Waals surface area contributed by atoms with Gasteiger partial charge in [0.05, 0.1) is 13.2 Å². The summed E-state index contributed by atoms with van der Waals surface area (Å²) in [5.41, 5.74) is 6.74. The molecule has 2 amide bonds. The lowest BCUT2D eigenvalue weighted by Gasteiger charge is -2.35. The summed E-state index contributed by atoms with van der Waals surface area (Å²) < 4.78 is 5.05. The number of ether oxygens (including phenoxy) is 1. The number of benzene rings is 1. The lowest BCUT2D eigenvalue weighted by atomic mass is 10.1. The van der Waals surface area contributed by atoms with Crippen LogP contribution in [0.15, 0.2) is 29.3 Å². The number of halogens is 1. The molecule has 0 atom stereocenters. The molecule has 2 rings (SSSR count). The van der Waals surface area contributed by atoms with E-state index in [-0.39, 0.29) is 30.1 Å². The Hall–Kier alpha value is -2.04. The minimum absolute atomic E-state index is 0. The van der Waals surface area contributed by atoms with Crippen LogP contribution in [0.25, 0.3) is 0 Å². The minimum Gasteiger partial charge on any atom is -0.450 e. The number of guanidine groups is 1. The summed E-state index contributed by atoms with van der Waals surface area (Å²) in [5.74, 6) is 0.378. The number of primary amides is 1. The van der Waals surface area contributed by atoms with Crippen LogP contribution in [0.5, 0.6) is 0 Å². The average molecular weight is 489 g/mol. The molecule has 0 radical (unpaired) electrons. The molecule has 0 aliphatic carbocycles. The second-order valence-corrected chi connectivity index (χ2v) is 5.90. The number of amides is 2. The van der Waals surface area contributed by atoms with Crippen molar-refractivity contribution in [3.05, 3.63) is 35.4 Å². The first kappa shape index (κ1) is 23.0. The van der Waals surface area contributed by atoms with E-state index in [0.29, 0.717) is 44.9 Å². The van der Waals surface area contributed by atoms with E-state index in [4.69, 9.17) is 10.5 Å². The Kier molecular flexibility index (Phi) is 9.90. The maximum absolute atomic E-state index is 11.8. The summed E-state index contributed by atoms with van der Waals surface area (Å²) in [6.07, 6.45) is -0.261. The van der Waals surface area contributed by atoms with Gasteiger partial charge in [0, 0.05) is 38.3 Å². The number of piperazine rings is 1. The Morgan fingerprint density at radius 1 is 1.11 bits per heavy atom. The van der Waals surface area contributed by atoms with E-state index < -0.39 is 5.91 Å². The van der Waals surface area contributed by atoms with Gasteiger partial charge < -0.3 is 25.6 Å². The first-order valence-corrected chi connectivity index (χ1v) is 8.88. The summed E-state index contributed by atoms with van der Waals surface area (Å²) in [5, 5.41) is 3.29. The van der Waals surface area contributed by atoms with Crippen molar-refractivity contribution >= 4 is 41.9 Å². The van der Waals surface area contributed by atoms with Crippen LogP contribution in [0.2, 0.25) is 0 Å². The number of nitrogens with one attached hydrogen (secondary N) is 1. The van der Waals surface area contributed by atoms with Crippen molar-refractivity contribution in [2.45, 2.75) is 20.4 Å². The number of aliphatic imine (C=N–C) groups is 1. The van der Waals surface area contributed by atoms with Gasteiger partial charge in [-0.25, -0.2) is 9.79 Å². The van der Waals surface area contributed by atoms with Crippen LogP contribution in [0.4, 0.5) is 4.79 Å². The third kappa shape index (κ3) is 6.89. The molecule has 1 fully saturated rings. The molecule has 0 spiro atoms.